The van der Waals surface area contributed by atoms with Gasteiger partial charge < -0.3 is 15.0 Å². The Labute approximate surface area is 129 Å². The van der Waals surface area contributed by atoms with E-state index in [1.165, 1.54) is 30.5 Å². The summed E-state index contributed by atoms with van der Waals surface area (Å²) in [5, 5.41) is 3.79. The van der Waals surface area contributed by atoms with Crippen molar-refractivity contribution in [2.75, 3.05) is 38.3 Å². The molecular formula is C18H30N2O. The van der Waals surface area contributed by atoms with Crippen molar-refractivity contribution in [1.29, 1.82) is 0 Å². The third-order valence-corrected chi connectivity index (χ3v) is 4.86. The maximum Gasteiger partial charge on any atom is 0.0503 e. The van der Waals surface area contributed by atoms with Gasteiger partial charge in [0.25, 0.3) is 0 Å². The highest BCUT2D eigenvalue weighted by atomic mass is 16.5. The normalized spacial score (nSPS) is 18.5. The quantitative estimate of drug-likeness (QED) is 0.870. The standard InChI is InChI=1S/C18H30N2O/c1-4-18(5-2)15-20(13-8-12-19-18)17-10-7-6-9-16(17)11-14-21-3/h6-7,9-10,19H,4-5,8,11-15H2,1-3H3. The molecule has 0 spiro atoms. The van der Waals surface area contributed by atoms with Crippen molar-refractivity contribution >= 4 is 5.69 Å². The second-order valence-corrected chi connectivity index (χ2v) is 6.06. The minimum atomic E-state index is 0.255. The fraction of sp³-hybridized carbons (Fsp3) is 0.667. The van der Waals surface area contributed by atoms with Crippen LogP contribution in [0.4, 0.5) is 5.69 Å². The van der Waals surface area contributed by atoms with E-state index in [1.54, 1.807) is 7.11 Å². The smallest absolute Gasteiger partial charge is 0.0503 e. The van der Waals surface area contributed by atoms with Gasteiger partial charge in [-0.2, -0.15) is 0 Å². The van der Waals surface area contributed by atoms with Crippen LogP contribution in [0.15, 0.2) is 24.3 Å². The molecule has 3 nitrogen and oxygen atoms in total. The zero-order valence-corrected chi connectivity index (χ0v) is 13.8. The van der Waals surface area contributed by atoms with Crippen LogP contribution in [0.2, 0.25) is 0 Å². The predicted octanol–water partition coefficient (Wildman–Crippen LogP) is 3.23. The fourth-order valence-electron chi connectivity index (χ4n) is 3.30. The van der Waals surface area contributed by atoms with E-state index < -0.39 is 0 Å². The van der Waals surface area contributed by atoms with Gasteiger partial charge in [-0.05, 0) is 43.9 Å². The molecule has 1 saturated heterocycles. The van der Waals surface area contributed by atoms with E-state index in [0.717, 1.165) is 32.7 Å². The predicted molar refractivity (Wildman–Crippen MR) is 90.2 cm³/mol. The molecule has 0 unspecified atom stereocenters. The Kier molecular flexibility index (Phi) is 6.07. The first kappa shape index (κ1) is 16.3. The van der Waals surface area contributed by atoms with Crippen LogP contribution < -0.4 is 10.2 Å². The van der Waals surface area contributed by atoms with Gasteiger partial charge in [0.2, 0.25) is 0 Å². The number of hydrogen-bond acceptors (Lipinski definition) is 3. The summed E-state index contributed by atoms with van der Waals surface area (Å²) < 4.78 is 5.27. The van der Waals surface area contributed by atoms with Crippen LogP contribution in [0.3, 0.4) is 0 Å². The topological polar surface area (TPSA) is 24.5 Å². The van der Waals surface area contributed by atoms with Gasteiger partial charge >= 0.3 is 0 Å². The minimum Gasteiger partial charge on any atom is -0.384 e. The number of hydrogen-bond donors (Lipinski definition) is 1. The number of nitrogens with one attached hydrogen (secondary N) is 1. The van der Waals surface area contributed by atoms with Crippen molar-refractivity contribution in [2.24, 2.45) is 0 Å². The van der Waals surface area contributed by atoms with Crippen LogP contribution in [0.25, 0.3) is 0 Å². The average Bonchev–Trinajstić information content (AvgIpc) is 2.76. The van der Waals surface area contributed by atoms with E-state index in [-0.39, 0.29) is 5.54 Å². The minimum absolute atomic E-state index is 0.255. The van der Waals surface area contributed by atoms with E-state index in [4.69, 9.17) is 4.74 Å². The molecule has 1 N–H and O–H groups in total. The first-order valence-corrected chi connectivity index (χ1v) is 8.31. The molecule has 0 aromatic heterocycles. The summed E-state index contributed by atoms with van der Waals surface area (Å²) in [7, 11) is 1.78. The molecule has 1 aromatic rings. The molecule has 0 radical (unpaired) electrons. The molecule has 1 heterocycles. The number of rotatable bonds is 6. The van der Waals surface area contributed by atoms with Gasteiger partial charge in [0.15, 0.2) is 0 Å². The lowest BCUT2D eigenvalue weighted by Gasteiger charge is -2.37. The van der Waals surface area contributed by atoms with E-state index >= 15 is 0 Å². The third kappa shape index (κ3) is 3.98. The molecule has 3 heteroatoms. The molecule has 0 saturated carbocycles. The summed E-state index contributed by atoms with van der Waals surface area (Å²) in [5.74, 6) is 0. The van der Waals surface area contributed by atoms with Gasteiger partial charge in [-0.15, -0.1) is 0 Å². The highest BCUT2D eigenvalue weighted by molar-refractivity contribution is 5.54. The molecule has 0 atom stereocenters. The summed E-state index contributed by atoms with van der Waals surface area (Å²) in [5.41, 5.74) is 3.05. The molecule has 0 bridgehead atoms. The summed E-state index contributed by atoms with van der Waals surface area (Å²) in [6, 6.07) is 8.81. The fourth-order valence-corrected chi connectivity index (χ4v) is 3.30. The lowest BCUT2D eigenvalue weighted by atomic mass is 9.92. The third-order valence-electron chi connectivity index (χ3n) is 4.86. The molecule has 0 aliphatic carbocycles. The Morgan fingerprint density at radius 2 is 2.00 bits per heavy atom. The van der Waals surface area contributed by atoms with Crippen LogP contribution in [0.1, 0.15) is 38.7 Å². The molecule has 21 heavy (non-hydrogen) atoms. The second-order valence-electron chi connectivity index (χ2n) is 6.06. The van der Waals surface area contributed by atoms with Crippen molar-refractivity contribution in [3.05, 3.63) is 29.8 Å². The number of para-hydroxylation sites is 1. The van der Waals surface area contributed by atoms with Crippen LogP contribution in [-0.4, -0.2) is 38.9 Å². The highest BCUT2D eigenvalue weighted by Crippen LogP contribution is 2.27. The maximum absolute atomic E-state index is 5.27. The summed E-state index contributed by atoms with van der Waals surface area (Å²) in [6.45, 7) is 8.75. The lowest BCUT2D eigenvalue weighted by Crippen LogP contribution is -2.50. The Morgan fingerprint density at radius 3 is 2.71 bits per heavy atom. The Morgan fingerprint density at radius 1 is 1.24 bits per heavy atom. The van der Waals surface area contributed by atoms with Crippen molar-refractivity contribution in [2.45, 2.75) is 45.1 Å². The molecule has 1 aliphatic rings. The van der Waals surface area contributed by atoms with E-state index in [0.29, 0.717) is 0 Å². The molecule has 1 aliphatic heterocycles. The Bertz CT molecular complexity index is 429. The highest BCUT2D eigenvalue weighted by Gasteiger charge is 2.30. The number of anilines is 1. The van der Waals surface area contributed by atoms with Crippen LogP contribution in [0.5, 0.6) is 0 Å². The average molecular weight is 290 g/mol. The zero-order valence-electron chi connectivity index (χ0n) is 13.8. The molecule has 1 fully saturated rings. The molecule has 118 valence electrons. The number of benzene rings is 1. The second kappa shape index (κ2) is 7.81. The van der Waals surface area contributed by atoms with E-state index in [1.807, 2.05) is 0 Å². The van der Waals surface area contributed by atoms with Crippen molar-refractivity contribution in [3.63, 3.8) is 0 Å². The van der Waals surface area contributed by atoms with Crippen molar-refractivity contribution in [1.82, 2.24) is 5.32 Å². The van der Waals surface area contributed by atoms with Gasteiger partial charge in [0.05, 0.1) is 6.61 Å². The van der Waals surface area contributed by atoms with Crippen LogP contribution in [-0.2, 0) is 11.2 Å². The number of nitrogens with zero attached hydrogens (tertiary/aromatic N) is 1. The van der Waals surface area contributed by atoms with Crippen molar-refractivity contribution < 1.29 is 4.74 Å². The molecule has 1 aromatic carbocycles. The van der Waals surface area contributed by atoms with Gasteiger partial charge in [0, 0.05) is 31.4 Å². The first-order valence-electron chi connectivity index (χ1n) is 8.31. The number of ether oxygens (including phenoxy) is 1. The van der Waals surface area contributed by atoms with Gasteiger partial charge in [-0.1, -0.05) is 32.0 Å². The largest absolute Gasteiger partial charge is 0.384 e. The lowest BCUT2D eigenvalue weighted by molar-refractivity contribution is 0.202. The molecule has 0 amide bonds. The summed E-state index contributed by atoms with van der Waals surface area (Å²) in [4.78, 5) is 2.58. The van der Waals surface area contributed by atoms with Crippen LogP contribution >= 0.6 is 0 Å². The molecular weight excluding hydrogens is 260 g/mol. The zero-order chi connectivity index (χ0) is 15.1. The van der Waals surface area contributed by atoms with E-state index in [2.05, 4.69) is 48.3 Å². The maximum atomic E-state index is 5.27. The van der Waals surface area contributed by atoms with Gasteiger partial charge in [0.1, 0.15) is 0 Å². The van der Waals surface area contributed by atoms with Crippen molar-refractivity contribution in [3.8, 4) is 0 Å². The summed E-state index contributed by atoms with van der Waals surface area (Å²) >= 11 is 0. The summed E-state index contributed by atoms with van der Waals surface area (Å²) in [6.07, 6.45) is 4.56. The van der Waals surface area contributed by atoms with Gasteiger partial charge in [-0.3, -0.25) is 0 Å². The Balaban J connectivity index is 2.23. The monoisotopic (exact) mass is 290 g/mol. The van der Waals surface area contributed by atoms with E-state index in [9.17, 15) is 0 Å². The van der Waals surface area contributed by atoms with Crippen LogP contribution in [0, 0.1) is 0 Å². The molecule has 2 rings (SSSR count). The van der Waals surface area contributed by atoms with Gasteiger partial charge in [-0.25, -0.2) is 0 Å². The SMILES string of the molecule is CCC1(CC)CN(c2ccccc2CCOC)CCCN1. The first-order chi connectivity index (χ1) is 10.2. The Hall–Kier alpha value is -1.06. The number of methoxy groups -OCH3 is 1.